The van der Waals surface area contributed by atoms with Crippen molar-refractivity contribution in [2.75, 3.05) is 0 Å². The second-order valence-corrected chi connectivity index (χ2v) is 2.30. The van der Waals surface area contributed by atoms with E-state index in [4.69, 9.17) is 17.0 Å². The van der Waals surface area contributed by atoms with Crippen LogP contribution < -0.4 is 29.6 Å². The molecule has 0 N–H and O–H groups in total. The molecule has 0 spiro atoms. The molecular weight excluding hydrogens is 169 g/mol. The van der Waals surface area contributed by atoms with Gasteiger partial charge in [-0.1, -0.05) is 12.1 Å². The molecule has 0 fully saturated rings. The van der Waals surface area contributed by atoms with Crippen molar-refractivity contribution in [1.29, 1.82) is 0 Å². The molecule has 1 aromatic carbocycles. The van der Waals surface area contributed by atoms with E-state index in [1.54, 1.807) is 0 Å². The van der Waals surface area contributed by atoms with E-state index in [-0.39, 0.29) is 29.6 Å². The smallest absolute Gasteiger partial charge is 0.721 e. The maximum atomic E-state index is 5.07. The number of fused-ring (bicyclic) bond motifs is 1. The molecule has 1 heterocycles. The summed E-state index contributed by atoms with van der Waals surface area (Å²) in [6.07, 6.45) is 0. The SMILES string of the molecule is [Na+].[S-]c1nc2ccccc2o1. The standard InChI is InChI=1S/C7H5NOS.Na/c10-7-8-5-3-1-2-4-6(5)9-7;/h1-4H,(H,8,10);/q;+1/p-1. The second kappa shape index (κ2) is 3.54. The first-order chi connectivity index (χ1) is 4.86. The summed E-state index contributed by atoms with van der Waals surface area (Å²) in [5, 5.41) is 0.307. The Kier molecular flexibility index (Phi) is 2.90. The van der Waals surface area contributed by atoms with Crippen molar-refractivity contribution in [1.82, 2.24) is 4.98 Å². The van der Waals surface area contributed by atoms with Gasteiger partial charge < -0.3 is 17.0 Å². The molecule has 0 bridgehead atoms. The van der Waals surface area contributed by atoms with E-state index in [1.807, 2.05) is 24.3 Å². The normalized spacial score (nSPS) is 9.45. The van der Waals surface area contributed by atoms with Crippen molar-refractivity contribution in [2.45, 2.75) is 5.22 Å². The summed E-state index contributed by atoms with van der Waals surface area (Å²) in [6, 6.07) is 7.51. The van der Waals surface area contributed by atoms with E-state index in [0.29, 0.717) is 5.22 Å². The van der Waals surface area contributed by atoms with Crippen LogP contribution in [0.15, 0.2) is 33.9 Å². The van der Waals surface area contributed by atoms with Gasteiger partial charge in [0, 0.05) is 0 Å². The van der Waals surface area contributed by atoms with Crippen LogP contribution in [0.2, 0.25) is 0 Å². The summed E-state index contributed by atoms with van der Waals surface area (Å²) < 4.78 is 5.07. The minimum atomic E-state index is 0. The predicted octanol–water partition coefficient (Wildman–Crippen LogP) is -1.26. The Balaban J connectivity index is 0.000000605. The van der Waals surface area contributed by atoms with Crippen molar-refractivity contribution in [2.24, 2.45) is 0 Å². The van der Waals surface area contributed by atoms with E-state index in [1.165, 1.54) is 0 Å². The van der Waals surface area contributed by atoms with Gasteiger partial charge in [-0.15, -0.1) is 0 Å². The zero-order valence-electron chi connectivity index (χ0n) is 6.07. The van der Waals surface area contributed by atoms with Crippen LogP contribution in [-0.4, -0.2) is 4.98 Å². The summed E-state index contributed by atoms with van der Waals surface area (Å²) in [5.74, 6) is 0. The van der Waals surface area contributed by atoms with Gasteiger partial charge in [0.05, 0.1) is 5.22 Å². The molecule has 0 amide bonds. The number of hydrogen-bond acceptors (Lipinski definition) is 3. The Morgan fingerprint density at radius 3 is 2.73 bits per heavy atom. The molecule has 0 aliphatic rings. The maximum Gasteiger partial charge on any atom is 1.00 e. The van der Waals surface area contributed by atoms with Gasteiger partial charge in [-0.3, -0.25) is 0 Å². The van der Waals surface area contributed by atoms with Crippen LogP contribution in [0, 0.1) is 0 Å². The second-order valence-electron chi connectivity index (χ2n) is 1.95. The van der Waals surface area contributed by atoms with Gasteiger partial charge in [0.1, 0.15) is 5.52 Å². The molecule has 4 heteroatoms. The Labute approximate surface area is 91.7 Å². The average molecular weight is 173 g/mol. The van der Waals surface area contributed by atoms with E-state index in [0.717, 1.165) is 11.1 Å². The summed E-state index contributed by atoms with van der Waals surface area (Å²) in [4.78, 5) is 3.96. The molecule has 2 nitrogen and oxygen atoms in total. The number of aromatic nitrogens is 1. The molecule has 11 heavy (non-hydrogen) atoms. The van der Waals surface area contributed by atoms with Gasteiger partial charge in [0.15, 0.2) is 5.58 Å². The Bertz CT molecular complexity index is 327. The number of hydrogen-bond donors (Lipinski definition) is 0. The topological polar surface area (TPSA) is 26.0 Å². The minimum absolute atomic E-state index is 0. The van der Waals surface area contributed by atoms with Crippen LogP contribution >= 0.6 is 0 Å². The largest absolute Gasteiger partial charge is 1.00 e. The quantitative estimate of drug-likeness (QED) is 0.367. The molecule has 0 atom stereocenters. The van der Waals surface area contributed by atoms with Crippen LogP contribution in [0.5, 0.6) is 0 Å². The molecule has 0 unspecified atom stereocenters. The molecule has 50 valence electrons. The molecule has 2 rings (SSSR count). The van der Waals surface area contributed by atoms with Crippen LogP contribution in [0.25, 0.3) is 11.1 Å². The fraction of sp³-hybridized carbons (Fsp3) is 0. The van der Waals surface area contributed by atoms with E-state index in [2.05, 4.69) is 4.98 Å². The van der Waals surface area contributed by atoms with Gasteiger partial charge in [-0.05, 0) is 12.1 Å². The first kappa shape index (κ1) is 9.00. The number of rotatable bonds is 0. The molecule has 1 aromatic heterocycles. The zero-order valence-corrected chi connectivity index (χ0v) is 8.89. The molecular formula is C7H4NNaOS. The van der Waals surface area contributed by atoms with Gasteiger partial charge in [-0.2, -0.15) is 0 Å². The molecule has 0 radical (unpaired) electrons. The van der Waals surface area contributed by atoms with E-state index >= 15 is 0 Å². The summed E-state index contributed by atoms with van der Waals surface area (Å²) >= 11 is 4.74. The Morgan fingerprint density at radius 1 is 1.27 bits per heavy atom. The van der Waals surface area contributed by atoms with Gasteiger partial charge >= 0.3 is 29.6 Å². The monoisotopic (exact) mass is 173 g/mol. The molecule has 0 aliphatic heterocycles. The number of nitrogens with zero attached hydrogens (tertiary/aromatic N) is 1. The third-order valence-electron chi connectivity index (χ3n) is 1.27. The number of para-hydroxylation sites is 2. The fourth-order valence-electron chi connectivity index (χ4n) is 0.851. The average Bonchev–Trinajstić information content (AvgIpc) is 2.27. The molecule has 0 saturated carbocycles. The molecule has 0 saturated heterocycles. The predicted molar refractivity (Wildman–Crippen MR) is 39.6 cm³/mol. The summed E-state index contributed by atoms with van der Waals surface area (Å²) in [5.41, 5.74) is 1.58. The number of oxazole rings is 1. The number of benzene rings is 1. The van der Waals surface area contributed by atoms with E-state index in [9.17, 15) is 0 Å². The Hall–Kier alpha value is -0.0900. The van der Waals surface area contributed by atoms with Crippen molar-refractivity contribution in [3.8, 4) is 0 Å². The maximum absolute atomic E-state index is 5.07. The van der Waals surface area contributed by atoms with Gasteiger partial charge in [0.25, 0.3) is 0 Å². The first-order valence-electron chi connectivity index (χ1n) is 2.89. The summed E-state index contributed by atoms with van der Waals surface area (Å²) in [7, 11) is 0. The van der Waals surface area contributed by atoms with Gasteiger partial charge in [-0.25, -0.2) is 4.98 Å². The van der Waals surface area contributed by atoms with Crippen molar-refractivity contribution >= 4 is 23.7 Å². The Morgan fingerprint density at radius 2 is 2.00 bits per heavy atom. The fourth-order valence-corrected chi connectivity index (χ4v) is 1.04. The zero-order chi connectivity index (χ0) is 6.97. The molecule has 2 aromatic rings. The van der Waals surface area contributed by atoms with Crippen molar-refractivity contribution < 1.29 is 34.0 Å². The van der Waals surface area contributed by atoms with Crippen LogP contribution in [0.1, 0.15) is 0 Å². The first-order valence-corrected chi connectivity index (χ1v) is 3.30. The van der Waals surface area contributed by atoms with E-state index < -0.39 is 0 Å². The van der Waals surface area contributed by atoms with Crippen molar-refractivity contribution in [3.05, 3.63) is 24.3 Å². The van der Waals surface area contributed by atoms with Crippen LogP contribution in [0.3, 0.4) is 0 Å². The minimum Gasteiger partial charge on any atom is -0.721 e. The summed E-state index contributed by atoms with van der Waals surface area (Å²) in [6.45, 7) is 0. The van der Waals surface area contributed by atoms with Gasteiger partial charge in [0.2, 0.25) is 0 Å². The van der Waals surface area contributed by atoms with Crippen LogP contribution in [-0.2, 0) is 12.6 Å². The third kappa shape index (κ3) is 1.73. The van der Waals surface area contributed by atoms with Crippen LogP contribution in [0.4, 0.5) is 0 Å². The third-order valence-corrected chi connectivity index (χ3v) is 1.45. The van der Waals surface area contributed by atoms with Crippen molar-refractivity contribution in [3.63, 3.8) is 0 Å². The molecule has 0 aliphatic carbocycles.